The number of hydrogen-bond donors (Lipinski definition) is 3. The number of esters is 1. The number of H-pyrrole nitrogens is 1. The molecule has 0 aliphatic heterocycles. The maximum atomic E-state index is 11.1. The number of hydroxylamine groups is 1. The highest BCUT2D eigenvalue weighted by atomic mass is 32.2. The van der Waals surface area contributed by atoms with Gasteiger partial charge in [0.2, 0.25) is 0 Å². The first-order chi connectivity index (χ1) is 10.7. The Kier molecular flexibility index (Phi) is 6.73. The smallest absolute Gasteiger partial charge is 0.323 e. The van der Waals surface area contributed by atoms with Crippen LogP contribution in [0.15, 0.2) is 30.5 Å². The predicted octanol–water partition coefficient (Wildman–Crippen LogP) is 1.42. The highest BCUT2D eigenvalue weighted by Gasteiger charge is 2.12. The number of nitrogens with two attached hydrogens (primary N) is 1. The molecule has 0 aliphatic carbocycles. The van der Waals surface area contributed by atoms with Crippen LogP contribution in [0.4, 0.5) is 0 Å². The molecule has 0 aliphatic rings. The topological polar surface area (TPSA) is 89.4 Å². The molecule has 1 atom stereocenters. The largest absolute Gasteiger partial charge is 0.468 e. The zero-order chi connectivity index (χ0) is 15.8. The molecule has 0 spiro atoms. The first-order valence-electron chi connectivity index (χ1n) is 7.03. The van der Waals surface area contributed by atoms with Gasteiger partial charge >= 0.3 is 5.97 Å². The van der Waals surface area contributed by atoms with E-state index in [1.807, 2.05) is 18.3 Å². The fraction of sp³-hybridized carbons (Fsp3) is 0.400. The van der Waals surface area contributed by atoms with Crippen molar-refractivity contribution in [3.8, 4) is 0 Å². The minimum absolute atomic E-state index is 0.403. The van der Waals surface area contributed by atoms with Crippen LogP contribution in [0.5, 0.6) is 0 Å². The quantitative estimate of drug-likeness (QED) is 0.280. The van der Waals surface area contributed by atoms with Crippen molar-refractivity contribution in [3.05, 3.63) is 36.0 Å². The summed E-state index contributed by atoms with van der Waals surface area (Å²) in [6.07, 6.45) is 2.90. The number of hydrogen-bond acceptors (Lipinski definition) is 6. The van der Waals surface area contributed by atoms with Crippen molar-refractivity contribution in [1.82, 2.24) is 10.5 Å². The molecule has 22 heavy (non-hydrogen) atoms. The summed E-state index contributed by atoms with van der Waals surface area (Å²) in [5, 5.41) is 1.24. The van der Waals surface area contributed by atoms with E-state index in [2.05, 4.69) is 27.3 Å². The van der Waals surface area contributed by atoms with Crippen LogP contribution in [0.3, 0.4) is 0 Å². The van der Waals surface area contributed by atoms with Crippen LogP contribution >= 0.6 is 11.8 Å². The number of thioether (sulfide) groups is 1. The maximum absolute atomic E-state index is 11.1. The summed E-state index contributed by atoms with van der Waals surface area (Å²) in [5.74, 6) is 0.495. The molecule has 1 aromatic heterocycles. The molecule has 7 heteroatoms. The molecule has 2 rings (SSSR count). The second-order valence-electron chi connectivity index (χ2n) is 4.77. The molecule has 0 saturated carbocycles. The van der Waals surface area contributed by atoms with Crippen molar-refractivity contribution >= 4 is 28.6 Å². The lowest BCUT2D eigenvalue weighted by Crippen LogP contribution is -2.34. The number of carbonyl (C=O) groups is 1. The van der Waals surface area contributed by atoms with Crippen molar-refractivity contribution in [2.75, 3.05) is 25.3 Å². The highest BCUT2D eigenvalue weighted by Crippen LogP contribution is 2.17. The number of nitrogens with one attached hydrogen (secondary N) is 2. The number of aromatic nitrogens is 1. The van der Waals surface area contributed by atoms with E-state index in [0.717, 1.165) is 11.9 Å². The lowest BCUT2D eigenvalue weighted by Gasteiger charge is -2.09. The summed E-state index contributed by atoms with van der Waals surface area (Å²) in [4.78, 5) is 19.6. The second kappa shape index (κ2) is 8.79. The molecule has 2 aromatic rings. The standard InChI is InChI=1S/C15H21N3O3S/c1-20-15(19)13(16)9-22-10-21-18-7-6-11-8-17-14-5-3-2-4-12(11)14/h2-5,8,13,17-18H,6-7,9-10,16H2,1H3. The highest BCUT2D eigenvalue weighted by molar-refractivity contribution is 7.99. The van der Waals surface area contributed by atoms with E-state index in [4.69, 9.17) is 10.6 Å². The summed E-state index contributed by atoms with van der Waals surface area (Å²) in [7, 11) is 1.33. The van der Waals surface area contributed by atoms with E-state index in [-0.39, 0.29) is 0 Å². The van der Waals surface area contributed by atoms with Gasteiger partial charge in [-0.3, -0.25) is 9.63 Å². The van der Waals surface area contributed by atoms with Gasteiger partial charge in [-0.1, -0.05) is 18.2 Å². The van der Waals surface area contributed by atoms with Gasteiger partial charge < -0.3 is 15.5 Å². The van der Waals surface area contributed by atoms with Crippen molar-refractivity contribution in [1.29, 1.82) is 0 Å². The molecule has 1 aromatic carbocycles. The molecule has 120 valence electrons. The third kappa shape index (κ3) is 4.74. The molecular formula is C15H21N3O3S. The fourth-order valence-corrected chi connectivity index (χ4v) is 2.73. The SMILES string of the molecule is COC(=O)C(N)CSCONCCc1c[nH]c2ccccc12. The fourth-order valence-electron chi connectivity index (χ4n) is 2.07. The summed E-state index contributed by atoms with van der Waals surface area (Å²) >= 11 is 1.44. The number of rotatable bonds is 9. The van der Waals surface area contributed by atoms with Crippen molar-refractivity contribution in [3.63, 3.8) is 0 Å². The van der Waals surface area contributed by atoms with Gasteiger partial charge in [0, 0.05) is 29.4 Å². The van der Waals surface area contributed by atoms with E-state index in [1.54, 1.807) is 0 Å². The number of para-hydroxylation sites is 1. The Morgan fingerprint density at radius 1 is 1.45 bits per heavy atom. The first-order valence-corrected chi connectivity index (χ1v) is 8.18. The van der Waals surface area contributed by atoms with Crippen molar-refractivity contribution in [2.24, 2.45) is 5.73 Å². The summed E-state index contributed by atoms with van der Waals surface area (Å²) in [5.41, 5.74) is 10.9. The predicted molar refractivity (Wildman–Crippen MR) is 88.4 cm³/mol. The Morgan fingerprint density at radius 3 is 3.09 bits per heavy atom. The summed E-state index contributed by atoms with van der Waals surface area (Å²) in [6, 6.07) is 7.60. The normalized spacial score (nSPS) is 12.5. The van der Waals surface area contributed by atoms with Crippen LogP contribution < -0.4 is 11.2 Å². The van der Waals surface area contributed by atoms with E-state index in [0.29, 0.717) is 18.2 Å². The molecule has 1 unspecified atom stereocenters. The molecule has 4 N–H and O–H groups in total. The Morgan fingerprint density at radius 2 is 2.27 bits per heavy atom. The lowest BCUT2D eigenvalue weighted by atomic mass is 10.1. The molecule has 0 bridgehead atoms. The number of fused-ring (bicyclic) bond motifs is 1. The van der Waals surface area contributed by atoms with Gasteiger partial charge in [0.1, 0.15) is 12.0 Å². The van der Waals surface area contributed by atoms with Crippen LogP contribution in [-0.4, -0.2) is 42.3 Å². The van der Waals surface area contributed by atoms with Crippen LogP contribution in [-0.2, 0) is 20.8 Å². The average Bonchev–Trinajstić information content (AvgIpc) is 2.96. The number of carbonyl (C=O) groups excluding carboxylic acids is 1. The van der Waals surface area contributed by atoms with Gasteiger partial charge in [-0.15, -0.1) is 11.8 Å². The molecule has 0 radical (unpaired) electrons. The summed E-state index contributed by atoms with van der Waals surface area (Å²) < 4.78 is 4.55. The molecule has 0 amide bonds. The van der Waals surface area contributed by atoms with Gasteiger partial charge in [0.15, 0.2) is 0 Å². The van der Waals surface area contributed by atoms with Crippen molar-refractivity contribution < 1.29 is 14.4 Å². The Labute approximate surface area is 133 Å². The number of benzene rings is 1. The van der Waals surface area contributed by atoms with E-state index >= 15 is 0 Å². The molecule has 6 nitrogen and oxygen atoms in total. The third-order valence-corrected chi connectivity index (χ3v) is 4.10. The molecule has 0 fully saturated rings. The third-order valence-electron chi connectivity index (χ3n) is 3.22. The van der Waals surface area contributed by atoms with Crippen LogP contribution in [0.2, 0.25) is 0 Å². The minimum Gasteiger partial charge on any atom is -0.468 e. The van der Waals surface area contributed by atoms with Crippen LogP contribution in [0.25, 0.3) is 10.9 Å². The Balaban J connectivity index is 1.59. The molecular weight excluding hydrogens is 302 g/mol. The van der Waals surface area contributed by atoms with E-state index in [1.165, 1.54) is 29.8 Å². The van der Waals surface area contributed by atoms with E-state index < -0.39 is 12.0 Å². The number of aromatic amines is 1. The van der Waals surface area contributed by atoms with Gasteiger partial charge in [0.25, 0.3) is 0 Å². The van der Waals surface area contributed by atoms with Crippen molar-refractivity contribution in [2.45, 2.75) is 12.5 Å². The molecule has 1 heterocycles. The average molecular weight is 323 g/mol. The Bertz CT molecular complexity index is 602. The monoisotopic (exact) mass is 323 g/mol. The van der Waals surface area contributed by atoms with Gasteiger partial charge in [-0.05, 0) is 18.1 Å². The zero-order valence-corrected chi connectivity index (χ0v) is 13.3. The lowest BCUT2D eigenvalue weighted by molar-refractivity contribution is -0.141. The maximum Gasteiger partial charge on any atom is 0.323 e. The number of ether oxygens (including phenoxy) is 1. The van der Waals surface area contributed by atoms with Gasteiger partial charge in [-0.25, -0.2) is 5.48 Å². The van der Waals surface area contributed by atoms with Gasteiger partial charge in [0.05, 0.1) is 7.11 Å². The Hall–Kier alpha value is -1.54. The van der Waals surface area contributed by atoms with Crippen LogP contribution in [0, 0.1) is 0 Å². The van der Waals surface area contributed by atoms with E-state index in [9.17, 15) is 4.79 Å². The molecule has 0 saturated heterocycles. The zero-order valence-electron chi connectivity index (χ0n) is 12.5. The van der Waals surface area contributed by atoms with Gasteiger partial charge in [-0.2, -0.15) is 0 Å². The number of methoxy groups -OCH3 is 1. The second-order valence-corrected chi connectivity index (χ2v) is 5.74. The van der Waals surface area contributed by atoms with Crippen LogP contribution in [0.1, 0.15) is 5.56 Å². The summed E-state index contributed by atoms with van der Waals surface area (Å²) in [6.45, 7) is 0.714. The first kappa shape index (κ1) is 16.8. The minimum atomic E-state index is -0.607.